The highest BCUT2D eigenvalue weighted by Gasteiger charge is 2.25. The number of pyridine rings is 1. The number of ether oxygens (including phenoxy) is 1. The molecule has 0 radical (unpaired) electrons. The molecule has 1 fully saturated rings. The highest BCUT2D eigenvalue weighted by Crippen LogP contribution is 2.31. The summed E-state index contributed by atoms with van der Waals surface area (Å²) in [7, 11) is 5.59. The summed E-state index contributed by atoms with van der Waals surface area (Å²) < 4.78 is 5.04. The molecule has 4 rings (SSSR count). The number of anilines is 3. The van der Waals surface area contributed by atoms with Gasteiger partial charge in [0.2, 0.25) is 5.88 Å². The van der Waals surface area contributed by atoms with E-state index in [1.54, 1.807) is 25.4 Å². The van der Waals surface area contributed by atoms with Gasteiger partial charge in [-0.15, -0.1) is 11.3 Å². The van der Waals surface area contributed by atoms with E-state index < -0.39 is 0 Å². The molecule has 0 spiro atoms. The van der Waals surface area contributed by atoms with Gasteiger partial charge in [-0.2, -0.15) is 0 Å². The van der Waals surface area contributed by atoms with E-state index in [0.29, 0.717) is 23.2 Å². The summed E-state index contributed by atoms with van der Waals surface area (Å²) in [6.07, 6.45) is 3.45. The van der Waals surface area contributed by atoms with Crippen molar-refractivity contribution in [2.24, 2.45) is 0 Å². The first-order valence-corrected chi connectivity index (χ1v) is 12.3. The molecular weight excluding hydrogens is 468 g/mol. The van der Waals surface area contributed by atoms with Gasteiger partial charge >= 0.3 is 0 Å². The number of likely N-dealkylation sites (tertiary alicyclic amines) is 1. The quantitative estimate of drug-likeness (QED) is 0.485. The monoisotopic (exact) mass is 496 g/mol. The van der Waals surface area contributed by atoms with Crippen molar-refractivity contribution in [3.8, 4) is 5.88 Å². The van der Waals surface area contributed by atoms with Gasteiger partial charge in [0.05, 0.1) is 24.0 Å². The molecule has 1 saturated heterocycles. The predicted molar refractivity (Wildman–Crippen MR) is 141 cm³/mol. The van der Waals surface area contributed by atoms with Crippen molar-refractivity contribution in [3.05, 3.63) is 58.7 Å². The minimum atomic E-state index is -0.238. The zero-order valence-corrected chi connectivity index (χ0v) is 21.1. The second-order valence-electron chi connectivity index (χ2n) is 8.25. The number of thiocarbonyl (C=S) groups is 1. The number of benzene rings is 1. The molecule has 1 amide bonds. The zero-order valence-electron chi connectivity index (χ0n) is 19.4. The number of hydrogen-bond acceptors (Lipinski definition) is 7. The van der Waals surface area contributed by atoms with E-state index in [0.717, 1.165) is 47.4 Å². The first-order chi connectivity index (χ1) is 16.4. The Morgan fingerprint density at radius 1 is 1.12 bits per heavy atom. The Morgan fingerprint density at radius 3 is 2.44 bits per heavy atom. The Hall–Kier alpha value is -3.24. The number of thiazole rings is 1. The summed E-state index contributed by atoms with van der Waals surface area (Å²) >= 11 is 7.18. The van der Waals surface area contributed by atoms with Crippen LogP contribution in [0.1, 0.15) is 34.3 Å². The SMILES string of the molecule is COc1ccc(NC(=O)c2csc(C3CCN(C(=S)Nc4ccc(N(C)C)cc4)CC3)n2)cn1. The number of hydrogen-bond donors (Lipinski definition) is 2. The van der Waals surface area contributed by atoms with E-state index >= 15 is 0 Å². The lowest BCUT2D eigenvalue weighted by atomic mass is 9.98. The summed E-state index contributed by atoms with van der Waals surface area (Å²) in [6, 6.07) is 11.7. The largest absolute Gasteiger partial charge is 0.481 e. The fourth-order valence-corrected chi connectivity index (χ4v) is 5.00. The van der Waals surface area contributed by atoms with Gasteiger partial charge in [0, 0.05) is 55.9 Å². The molecule has 8 nitrogen and oxygen atoms in total. The minimum Gasteiger partial charge on any atom is -0.481 e. The van der Waals surface area contributed by atoms with Gasteiger partial charge in [-0.05, 0) is 55.4 Å². The molecule has 1 aliphatic heterocycles. The molecular formula is C24H28N6O2S2. The Morgan fingerprint density at radius 2 is 1.82 bits per heavy atom. The van der Waals surface area contributed by atoms with Crippen LogP contribution < -0.4 is 20.3 Å². The number of nitrogens with one attached hydrogen (secondary N) is 2. The van der Waals surface area contributed by atoms with Crippen LogP contribution in [0.5, 0.6) is 5.88 Å². The molecule has 178 valence electrons. The molecule has 10 heteroatoms. The number of aromatic nitrogens is 2. The van der Waals surface area contributed by atoms with Crippen LogP contribution in [0.3, 0.4) is 0 Å². The summed E-state index contributed by atoms with van der Waals surface area (Å²) in [5.74, 6) is 0.586. The third-order valence-electron chi connectivity index (χ3n) is 5.72. The van der Waals surface area contributed by atoms with Gasteiger partial charge < -0.3 is 25.2 Å². The van der Waals surface area contributed by atoms with Gasteiger partial charge in [0.15, 0.2) is 5.11 Å². The molecule has 0 unspecified atom stereocenters. The molecule has 2 aromatic heterocycles. The smallest absolute Gasteiger partial charge is 0.275 e. The van der Waals surface area contributed by atoms with Gasteiger partial charge in [-0.1, -0.05) is 0 Å². The Balaban J connectivity index is 1.28. The van der Waals surface area contributed by atoms with Crippen LogP contribution in [0.2, 0.25) is 0 Å². The van der Waals surface area contributed by atoms with Crippen molar-refractivity contribution in [2.75, 3.05) is 49.8 Å². The van der Waals surface area contributed by atoms with E-state index in [1.165, 1.54) is 11.3 Å². The van der Waals surface area contributed by atoms with Crippen molar-refractivity contribution in [3.63, 3.8) is 0 Å². The average Bonchev–Trinajstić information content (AvgIpc) is 3.35. The third kappa shape index (κ3) is 5.81. The molecule has 0 atom stereocenters. The van der Waals surface area contributed by atoms with E-state index in [9.17, 15) is 4.79 Å². The van der Waals surface area contributed by atoms with Crippen LogP contribution in [-0.2, 0) is 0 Å². The Bertz CT molecular complexity index is 1120. The molecule has 2 N–H and O–H groups in total. The maximum atomic E-state index is 12.6. The fraction of sp³-hybridized carbons (Fsp3) is 0.333. The predicted octanol–water partition coefficient (Wildman–Crippen LogP) is 4.44. The number of methoxy groups -OCH3 is 1. The average molecular weight is 497 g/mol. The van der Waals surface area contributed by atoms with Gasteiger partial charge in [0.25, 0.3) is 5.91 Å². The zero-order chi connectivity index (χ0) is 24.1. The molecule has 3 heterocycles. The molecule has 0 saturated carbocycles. The highest BCUT2D eigenvalue weighted by atomic mass is 32.1. The lowest BCUT2D eigenvalue weighted by molar-refractivity contribution is 0.102. The van der Waals surface area contributed by atoms with E-state index in [4.69, 9.17) is 17.0 Å². The third-order valence-corrected chi connectivity index (χ3v) is 7.09. The second-order valence-corrected chi connectivity index (χ2v) is 9.52. The molecule has 0 aliphatic carbocycles. The lowest BCUT2D eigenvalue weighted by Gasteiger charge is -2.33. The van der Waals surface area contributed by atoms with Crippen LogP contribution in [0, 0.1) is 0 Å². The van der Waals surface area contributed by atoms with Crippen molar-refractivity contribution in [1.82, 2.24) is 14.9 Å². The molecule has 1 aromatic carbocycles. The highest BCUT2D eigenvalue weighted by molar-refractivity contribution is 7.80. The maximum Gasteiger partial charge on any atom is 0.275 e. The van der Waals surface area contributed by atoms with Gasteiger partial charge in [0.1, 0.15) is 5.69 Å². The summed E-state index contributed by atoms with van der Waals surface area (Å²) in [4.78, 5) is 25.6. The molecule has 34 heavy (non-hydrogen) atoms. The first kappa shape index (κ1) is 23.9. The standard InChI is InChI=1S/C24H28N6O2S2/c1-29(2)19-7-4-17(5-8-19)27-24(33)30-12-10-16(11-13-30)23-28-20(15-34-23)22(31)26-18-6-9-21(32-3)25-14-18/h4-9,14-16H,10-13H2,1-3H3,(H,26,31)(H,27,33). The topological polar surface area (TPSA) is 82.6 Å². The van der Waals surface area contributed by atoms with Crippen LogP contribution in [0.4, 0.5) is 17.1 Å². The number of carbonyl (C=O) groups is 1. The second kappa shape index (κ2) is 10.8. The summed E-state index contributed by atoms with van der Waals surface area (Å²) in [6.45, 7) is 1.70. The van der Waals surface area contributed by atoms with Crippen molar-refractivity contribution in [2.45, 2.75) is 18.8 Å². The van der Waals surface area contributed by atoms with E-state index in [2.05, 4.69) is 42.5 Å². The van der Waals surface area contributed by atoms with Gasteiger partial charge in [-0.3, -0.25) is 4.79 Å². The number of nitrogens with zero attached hydrogens (tertiary/aromatic N) is 4. The normalized spacial score (nSPS) is 13.9. The fourth-order valence-electron chi connectivity index (χ4n) is 3.72. The summed E-state index contributed by atoms with van der Waals surface area (Å²) in [5.41, 5.74) is 3.16. The number of amides is 1. The first-order valence-electron chi connectivity index (χ1n) is 11.0. The van der Waals surface area contributed by atoms with Crippen molar-refractivity contribution >= 4 is 51.6 Å². The van der Waals surface area contributed by atoms with Crippen LogP contribution in [-0.4, -0.2) is 60.2 Å². The van der Waals surface area contributed by atoms with Crippen LogP contribution >= 0.6 is 23.6 Å². The number of piperidine rings is 1. The number of carbonyl (C=O) groups excluding carboxylic acids is 1. The van der Waals surface area contributed by atoms with Crippen molar-refractivity contribution in [1.29, 1.82) is 0 Å². The minimum absolute atomic E-state index is 0.238. The molecule has 3 aromatic rings. The number of rotatable bonds is 6. The molecule has 1 aliphatic rings. The van der Waals surface area contributed by atoms with E-state index in [1.807, 2.05) is 31.6 Å². The lowest BCUT2D eigenvalue weighted by Crippen LogP contribution is -2.40. The Kier molecular flexibility index (Phi) is 7.59. The van der Waals surface area contributed by atoms with E-state index in [-0.39, 0.29) is 5.91 Å². The summed E-state index contributed by atoms with van der Waals surface area (Å²) in [5, 5.41) is 9.73. The van der Waals surface area contributed by atoms with Gasteiger partial charge in [-0.25, -0.2) is 9.97 Å². The van der Waals surface area contributed by atoms with Crippen molar-refractivity contribution < 1.29 is 9.53 Å². The Labute approximate surface area is 209 Å². The van der Waals surface area contributed by atoms with Crippen LogP contribution in [0.25, 0.3) is 0 Å². The maximum absolute atomic E-state index is 12.6. The van der Waals surface area contributed by atoms with Crippen LogP contribution in [0.15, 0.2) is 48.0 Å². The molecule has 0 bridgehead atoms.